The molecule has 1 aliphatic carbocycles. The van der Waals surface area contributed by atoms with Gasteiger partial charge in [0.2, 0.25) is 0 Å². The predicted octanol–water partition coefficient (Wildman–Crippen LogP) is 2.12. The third kappa shape index (κ3) is 3.94. The minimum atomic E-state index is 0.414. The average Bonchev–Trinajstić information content (AvgIpc) is 2.33. The molecule has 106 valence electrons. The Morgan fingerprint density at radius 1 is 1.28 bits per heavy atom. The van der Waals surface area contributed by atoms with Crippen molar-refractivity contribution >= 4 is 0 Å². The van der Waals surface area contributed by atoms with Crippen LogP contribution in [-0.4, -0.2) is 49.8 Å². The van der Waals surface area contributed by atoms with Gasteiger partial charge in [0.05, 0.1) is 12.7 Å². The number of morpholine rings is 1. The average molecular weight is 254 g/mol. The van der Waals surface area contributed by atoms with Crippen LogP contribution >= 0.6 is 0 Å². The molecule has 2 rings (SSSR count). The summed E-state index contributed by atoms with van der Waals surface area (Å²) in [5.74, 6) is 1.74. The molecule has 3 nitrogen and oxygen atoms in total. The lowest BCUT2D eigenvalue weighted by atomic mass is 9.78. The molecule has 4 unspecified atom stereocenters. The molecule has 4 atom stereocenters. The summed E-state index contributed by atoms with van der Waals surface area (Å²) in [7, 11) is 0. The Hall–Kier alpha value is -0.120. The van der Waals surface area contributed by atoms with Crippen LogP contribution in [0.1, 0.15) is 40.0 Å². The van der Waals surface area contributed by atoms with E-state index in [4.69, 9.17) is 4.74 Å². The molecule has 1 aliphatic heterocycles. The zero-order chi connectivity index (χ0) is 13.0. The second-order valence-electron chi connectivity index (χ2n) is 6.28. The molecule has 18 heavy (non-hydrogen) atoms. The first-order valence-corrected chi connectivity index (χ1v) is 7.76. The van der Waals surface area contributed by atoms with E-state index in [0.29, 0.717) is 6.10 Å². The van der Waals surface area contributed by atoms with Crippen molar-refractivity contribution in [3.63, 3.8) is 0 Å². The summed E-state index contributed by atoms with van der Waals surface area (Å²) in [6.07, 6.45) is 4.56. The molecule has 0 radical (unpaired) electrons. The number of hydrogen-bond donors (Lipinski definition) is 1. The van der Waals surface area contributed by atoms with Crippen LogP contribution in [0, 0.1) is 11.8 Å². The lowest BCUT2D eigenvalue weighted by Gasteiger charge is -2.40. The molecule has 0 aromatic carbocycles. The van der Waals surface area contributed by atoms with E-state index in [1.54, 1.807) is 0 Å². The van der Waals surface area contributed by atoms with E-state index in [0.717, 1.165) is 44.1 Å². The van der Waals surface area contributed by atoms with Crippen molar-refractivity contribution in [2.24, 2.45) is 11.8 Å². The fourth-order valence-corrected chi connectivity index (χ4v) is 3.62. The molecule has 1 heterocycles. The second-order valence-corrected chi connectivity index (χ2v) is 6.28. The van der Waals surface area contributed by atoms with Gasteiger partial charge in [-0.1, -0.05) is 13.8 Å². The summed E-state index contributed by atoms with van der Waals surface area (Å²) in [6, 6.07) is 0.740. The van der Waals surface area contributed by atoms with Gasteiger partial charge in [-0.05, 0) is 44.6 Å². The minimum Gasteiger partial charge on any atom is -0.376 e. The molecule has 1 saturated heterocycles. The van der Waals surface area contributed by atoms with Gasteiger partial charge < -0.3 is 10.1 Å². The Morgan fingerprint density at radius 3 is 2.83 bits per heavy atom. The van der Waals surface area contributed by atoms with Crippen molar-refractivity contribution in [2.75, 3.05) is 32.8 Å². The quantitative estimate of drug-likeness (QED) is 0.832. The number of nitrogens with one attached hydrogen (secondary N) is 1. The summed E-state index contributed by atoms with van der Waals surface area (Å²) >= 11 is 0. The van der Waals surface area contributed by atoms with Crippen LogP contribution in [0.25, 0.3) is 0 Å². The Kier molecular flexibility index (Phi) is 5.46. The highest BCUT2D eigenvalue weighted by molar-refractivity contribution is 4.86. The van der Waals surface area contributed by atoms with Crippen molar-refractivity contribution in [1.82, 2.24) is 10.2 Å². The van der Waals surface area contributed by atoms with Gasteiger partial charge in [0, 0.05) is 25.7 Å². The van der Waals surface area contributed by atoms with E-state index in [2.05, 4.69) is 31.0 Å². The second kappa shape index (κ2) is 6.88. The Bertz CT molecular complexity index is 247. The van der Waals surface area contributed by atoms with Crippen molar-refractivity contribution in [2.45, 2.75) is 52.2 Å². The Morgan fingerprint density at radius 2 is 2.11 bits per heavy atom. The monoisotopic (exact) mass is 254 g/mol. The van der Waals surface area contributed by atoms with E-state index in [1.165, 1.54) is 25.8 Å². The van der Waals surface area contributed by atoms with Gasteiger partial charge in [-0.15, -0.1) is 0 Å². The Balaban J connectivity index is 1.87. The van der Waals surface area contributed by atoms with Crippen molar-refractivity contribution in [1.29, 1.82) is 0 Å². The summed E-state index contributed by atoms with van der Waals surface area (Å²) in [6.45, 7) is 12.3. The van der Waals surface area contributed by atoms with Gasteiger partial charge in [-0.3, -0.25) is 4.90 Å². The van der Waals surface area contributed by atoms with Crippen LogP contribution in [0.4, 0.5) is 0 Å². The van der Waals surface area contributed by atoms with Gasteiger partial charge in [0.1, 0.15) is 0 Å². The number of ether oxygens (including phenoxy) is 1. The highest BCUT2D eigenvalue weighted by Gasteiger charge is 2.30. The van der Waals surface area contributed by atoms with Crippen LogP contribution in [0.15, 0.2) is 0 Å². The molecule has 0 spiro atoms. The van der Waals surface area contributed by atoms with Crippen LogP contribution in [0.3, 0.4) is 0 Å². The first kappa shape index (κ1) is 14.3. The van der Waals surface area contributed by atoms with E-state index in [1.807, 2.05) is 0 Å². The van der Waals surface area contributed by atoms with Gasteiger partial charge in [-0.25, -0.2) is 0 Å². The third-order valence-electron chi connectivity index (χ3n) is 4.53. The molecule has 1 saturated carbocycles. The van der Waals surface area contributed by atoms with Gasteiger partial charge >= 0.3 is 0 Å². The SMILES string of the molecule is CCNC1CCC(C)CC1CN1CCOC(C)C1. The van der Waals surface area contributed by atoms with E-state index >= 15 is 0 Å². The highest BCUT2D eigenvalue weighted by Crippen LogP contribution is 2.30. The van der Waals surface area contributed by atoms with Crippen LogP contribution in [0.2, 0.25) is 0 Å². The molecular weight excluding hydrogens is 224 g/mol. The molecule has 0 aromatic rings. The zero-order valence-corrected chi connectivity index (χ0v) is 12.3. The fraction of sp³-hybridized carbons (Fsp3) is 1.00. The summed E-state index contributed by atoms with van der Waals surface area (Å²) in [4.78, 5) is 2.61. The molecular formula is C15H30N2O. The van der Waals surface area contributed by atoms with Crippen molar-refractivity contribution in [3.8, 4) is 0 Å². The zero-order valence-electron chi connectivity index (χ0n) is 12.3. The smallest absolute Gasteiger partial charge is 0.0674 e. The maximum absolute atomic E-state index is 5.64. The van der Waals surface area contributed by atoms with Crippen LogP contribution in [0.5, 0.6) is 0 Å². The first-order valence-electron chi connectivity index (χ1n) is 7.76. The summed E-state index contributed by atoms with van der Waals surface area (Å²) < 4.78 is 5.64. The van der Waals surface area contributed by atoms with E-state index in [9.17, 15) is 0 Å². The van der Waals surface area contributed by atoms with Crippen LogP contribution < -0.4 is 5.32 Å². The van der Waals surface area contributed by atoms with Gasteiger partial charge in [0.25, 0.3) is 0 Å². The number of hydrogen-bond acceptors (Lipinski definition) is 3. The van der Waals surface area contributed by atoms with Crippen molar-refractivity contribution < 1.29 is 4.74 Å². The topological polar surface area (TPSA) is 24.5 Å². The molecule has 0 aromatic heterocycles. The van der Waals surface area contributed by atoms with Gasteiger partial charge in [-0.2, -0.15) is 0 Å². The fourth-order valence-electron chi connectivity index (χ4n) is 3.62. The molecule has 2 aliphatic rings. The largest absolute Gasteiger partial charge is 0.376 e. The Labute approximate surface area is 112 Å². The third-order valence-corrected chi connectivity index (χ3v) is 4.53. The van der Waals surface area contributed by atoms with E-state index in [-0.39, 0.29) is 0 Å². The minimum absolute atomic E-state index is 0.414. The number of nitrogens with zero attached hydrogens (tertiary/aromatic N) is 1. The maximum Gasteiger partial charge on any atom is 0.0674 e. The van der Waals surface area contributed by atoms with E-state index < -0.39 is 0 Å². The first-order chi connectivity index (χ1) is 8.69. The molecule has 3 heteroatoms. The predicted molar refractivity (Wildman–Crippen MR) is 75.8 cm³/mol. The molecule has 1 N–H and O–H groups in total. The normalized spacial score (nSPS) is 38.8. The lowest BCUT2D eigenvalue weighted by Crippen LogP contribution is -2.49. The van der Waals surface area contributed by atoms with Crippen molar-refractivity contribution in [3.05, 3.63) is 0 Å². The van der Waals surface area contributed by atoms with Crippen LogP contribution in [-0.2, 0) is 4.74 Å². The summed E-state index contributed by atoms with van der Waals surface area (Å²) in [5, 5.41) is 3.70. The molecule has 0 bridgehead atoms. The highest BCUT2D eigenvalue weighted by atomic mass is 16.5. The molecule has 0 amide bonds. The summed E-state index contributed by atoms with van der Waals surface area (Å²) in [5.41, 5.74) is 0. The van der Waals surface area contributed by atoms with Gasteiger partial charge in [0.15, 0.2) is 0 Å². The number of rotatable bonds is 4. The lowest BCUT2D eigenvalue weighted by molar-refractivity contribution is -0.0277. The maximum atomic E-state index is 5.64. The standard InChI is InChI=1S/C15H30N2O/c1-4-16-15-6-5-12(2)9-14(15)11-17-7-8-18-13(3)10-17/h12-16H,4-11H2,1-3H3. The molecule has 2 fully saturated rings.